The van der Waals surface area contributed by atoms with Crippen molar-refractivity contribution < 1.29 is 117 Å². The highest BCUT2D eigenvalue weighted by Crippen LogP contribution is 2.30. The van der Waals surface area contributed by atoms with E-state index in [1.165, 1.54) is 24.3 Å². The predicted octanol–water partition coefficient (Wildman–Crippen LogP) is -10.5. The molecule has 12 amide bonds. The number of rotatable bonds is 24. The Kier molecular flexibility index (Phi) is 29.1. The summed E-state index contributed by atoms with van der Waals surface area (Å²) in [5, 5.41) is 102. The molecule has 37 heteroatoms. The Bertz CT molecular complexity index is 2840. The van der Waals surface area contributed by atoms with Gasteiger partial charge in [-0.1, -0.05) is 46.2 Å². The molecule has 0 bridgehead atoms. The minimum Gasteiger partial charge on any atom is -0.508 e. The molecule has 24 N–H and O–H groups in total. The number of aliphatic hydroxyl groups is 7. The van der Waals surface area contributed by atoms with E-state index in [9.17, 15) is 98.4 Å². The third-order valence-corrected chi connectivity index (χ3v) is 16.2. The molecule has 4 aliphatic rings. The highest BCUT2D eigenvalue weighted by atomic mass is 16.7. The van der Waals surface area contributed by atoms with E-state index < -0.39 is 245 Å². The van der Waals surface area contributed by atoms with Crippen LogP contribution in [0.25, 0.3) is 0 Å². The number of aromatic hydroxyl groups is 1. The molecule has 4 aliphatic heterocycles. The van der Waals surface area contributed by atoms with Gasteiger partial charge in [0, 0.05) is 25.9 Å². The molecular formula is C57H89N13O24. The Morgan fingerprint density at radius 1 is 0.713 bits per heavy atom. The van der Waals surface area contributed by atoms with Crippen molar-refractivity contribution in [2.75, 3.05) is 32.9 Å². The van der Waals surface area contributed by atoms with Crippen LogP contribution in [0.15, 0.2) is 24.3 Å². The van der Waals surface area contributed by atoms with Crippen LogP contribution in [0.3, 0.4) is 0 Å². The van der Waals surface area contributed by atoms with Gasteiger partial charge in [-0.3, -0.25) is 57.5 Å². The fourth-order valence-electron chi connectivity index (χ4n) is 10.7. The Labute approximate surface area is 538 Å². The molecule has 4 fully saturated rings. The lowest BCUT2D eigenvalue weighted by Gasteiger charge is -2.46. The van der Waals surface area contributed by atoms with Crippen LogP contribution in [0.2, 0.25) is 0 Å². The average molecular weight is 1340 g/mol. The van der Waals surface area contributed by atoms with Gasteiger partial charge < -0.3 is 130 Å². The van der Waals surface area contributed by atoms with E-state index in [2.05, 4.69) is 42.5 Å². The molecule has 94 heavy (non-hydrogen) atoms. The smallest absolute Gasteiger partial charge is 0.247 e. The summed E-state index contributed by atoms with van der Waals surface area (Å²) in [5.41, 5.74) is 23.2. The molecule has 1 aromatic rings. The summed E-state index contributed by atoms with van der Waals surface area (Å²) in [6.07, 6.45) is -21.0. The molecule has 0 aliphatic carbocycles. The largest absolute Gasteiger partial charge is 0.508 e. The normalized spacial score (nSPS) is 31.2. The number of nitrogens with two attached hydrogens (primary N) is 4. The van der Waals surface area contributed by atoms with Crippen LogP contribution in [0.1, 0.15) is 84.6 Å². The number of primary amides is 3. The minimum absolute atomic E-state index is 0.0659. The van der Waals surface area contributed by atoms with Crippen molar-refractivity contribution >= 4 is 70.9 Å². The number of phenolic OH excluding ortho intramolecular Hbond substituents is 1. The van der Waals surface area contributed by atoms with Gasteiger partial charge in [0.2, 0.25) is 70.9 Å². The van der Waals surface area contributed by atoms with Crippen molar-refractivity contribution in [1.82, 2.24) is 47.4 Å². The minimum atomic E-state index is -2.06. The molecule has 1 aromatic carbocycles. The fourth-order valence-corrected chi connectivity index (χ4v) is 10.7. The maximum absolute atomic E-state index is 14.8. The summed E-state index contributed by atoms with van der Waals surface area (Å²) in [4.78, 5) is 166. The Balaban J connectivity index is 1.38. The number of likely N-dealkylation sites (tertiary alicyclic amines) is 1. The van der Waals surface area contributed by atoms with Crippen molar-refractivity contribution in [3.05, 3.63) is 29.8 Å². The van der Waals surface area contributed by atoms with Gasteiger partial charge in [-0.25, -0.2) is 0 Å². The zero-order valence-corrected chi connectivity index (χ0v) is 52.2. The molecule has 37 nitrogen and oxygen atoms in total. The molecule has 4 saturated heterocycles. The molecule has 0 radical (unpaired) electrons. The maximum Gasteiger partial charge on any atom is 0.247 e. The zero-order chi connectivity index (χ0) is 70.0. The average Bonchev–Trinajstić information content (AvgIpc) is 0.858. The number of carbonyl (C=O) groups is 12. The summed E-state index contributed by atoms with van der Waals surface area (Å²) in [6.45, 7) is 2.95. The van der Waals surface area contributed by atoms with Gasteiger partial charge in [0.1, 0.15) is 103 Å². The lowest BCUT2D eigenvalue weighted by atomic mass is 9.96. The third-order valence-electron chi connectivity index (χ3n) is 16.2. The van der Waals surface area contributed by atoms with Crippen LogP contribution >= 0.6 is 0 Å². The van der Waals surface area contributed by atoms with E-state index in [0.29, 0.717) is 5.56 Å². The predicted molar refractivity (Wildman–Crippen MR) is 318 cm³/mol. The first-order chi connectivity index (χ1) is 44.3. The number of benzene rings is 1. The van der Waals surface area contributed by atoms with Crippen LogP contribution in [-0.2, 0) is 82.9 Å². The number of hydrogen-bond donors (Lipinski definition) is 20. The monoisotopic (exact) mass is 1340 g/mol. The Morgan fingerprint density at radius 2 is 1.32 bits per heavy atom. The molecule has 0 aromatic heterocycles. The lowest BCUT2D eigenvalue weighted by molar-refractivity contribution is -0.359. The summed E-state index contributed by atoms with van der Waals surface area (Å²) >= 11 is 0. The molecule has 4 heterocycles. The first-order valence-electron chi connectivity index (χ1n) is 30.6. The Morgan fingerprint density at radius 3 is 1.93 bits per heavy atom. The summed E-state index contributed by atoms with van der Waals surface area (Å²) in [7, 11) is 0. The zero-order valence-electron chi connectivity index (χ0n) is 52.2. The molecule has 0 unspecified atom stereocenters. The van der Waals surface area contributed by atoms with Crippen LogP contribution in [-0.4, -0.2) is 265 Å². The highest BCUT2D eigenvalue weighted by Gasteiger charge is 2.51. The molecule has 20 atom stereocenters. The number of nitrogens with one attached hydrogen (secondary N) is 8. The van der Waals surface area contributed by atoms with Gasteiger partial charge in [0.15, 0.2) is 12.6 Å². The number of phenols is 1. The maximum atomic E-state index is 14.8. The first-order valence-corrected chi connectivity index (χ1v) is 30.6. The Hall–Kier alpha value is -7.82. The van der Waals surface area contributed by atoms with E-state index in [-0.39, 0.29) is 50.3 Å². The van der Waals surface area contributed by atoms with Crippen molar-refractivity contribution in [3.63, 3.8) is 0 Å². The van der Waals surface area contributed by atoms with Gasteiger partial charge in [-0.05, 0) is 55.2 Å². The van der Waals surface area contributed by atoms with E-state index in [4.69, 9.17) is 41.9 Å². The first kappa shape index (κ1) is 76.9. The van der Waals surface area contributed by atoms with Gasteiger partial charge >= 0.3 is 0 Å². The molecule has 0 saturated carbocycles. The van der Waals surface area contributed by atoms with Gasteiger partial charge in [-0.15, -0.1) is 0 Å². The van der Waals surface area contributed by atoms with Crippen molar-refractivity contribution in [1.29, 1.82) is 0 Å². The number of nitrogens with zero attached hydrogens (tertiary/aromatic N) is 1. The van der Waals surface area contributed by atoms with E-state index >= 15 is 0 Å². The number of amides is 12. The van der Waals surface area contributed by atoms with Crippen LogP contribution in [0, 0.1) is 11.8 Å². The van der Waals surface area contributed by atoms with Crippen molar-refractivity contribution in [2.24, 2.45) is 34.8 Å². The molecule has 526 valence electrons. The number of carbonyl (C=O) groups excluding carboxylic acids is 12. The summed E-state index contributed by atoms with van der Waals surface area (Å²) in [5.74, 6) is -14.0. The topological polar surface area (TPSA) is 607 Å². The van der Waals surface area contributed by atoms with E-state index in [1.807, 2.05) is 0 Å². The summed E-state index contributed by atoms with van der Waals surface area (Å²) in [6, 6.07) is -9.36. The SMILES string of the molecule is CC[C@H](C)[C@@H]1NC(=O)[C@H](Cc2ccc(O)cc2)NC(=O)[C@@H](N)CC(=O)NC[C@@H](C(=O)N2CCC[C@H]2C(=O)N[C@@H](CC(C)C)C(=O)N[C@@H](CO[C@@H]2O[C@H](CO)[C@@H](O[C@@H]3O[C@H](CO)[C@H](O)[C@H](O)[C@H]3O)[C@H](O)[C@H]2O)C(N)=O)NC(=O)[C@H](CC(N)=O)NC(=O)[C@H](CCC(N)=O)NC1=O. The molecule has 5 rings (SSSR count). The quantitative estimate of drug-likeness (QED) is 0.0457. The van der Waals surface area contributed by atoms with Gasteiger partial charge in [-0.2, -0.15) is 0 Å². The second kappa shape index (κ2) is 35.6. The molecular weight excluding hydrogens is 1250 g/mol. The van der Waals surface area contributed by atoms with Crippen LogP contribution in [0.4, 0.5) is 0 Å². The van der Waals surface area contributed by atoms with Gasteiger partial charge in [0.25, 0.3) is 0 Å². The van der Waals surface area contributed by atoms with E-state index in [0.717, 1.165) is 4.90 Å². The second-order valence-corrected chi connectivity index (χ2v) is 24.0. The van der Waals surface area contributed by atoms with Gasteiger partial charge in [0.05, 0.1) is 38.7 Å². The van der Waals surface area contributed by atoms with E-state index in [1.54, 1.807) is 27.7 Å². The third kappa shape index (κ3) is 21.3. The number of hydrogen-bond acceptors (Lipinski definition) is 25. The molecule has 0 spiro atoms. The summed E-state index contributed by atoms with van der Waals surface area (Å²) < 4.78 is 22.0. The second-order valence-electron chi connectivity index (χ2n) is 24.0. The fraction of sp³-hybridized carbons (Fsp3) is 0.684. The van der Waals surface area contributed by atoms with Crippen molar-refractivity contribution in [2.45, 2.75) is 201 Å². The number of ether oxygens (including phenoxy) is 4. The van der Waals surface area contributed by atoms with Crippen molar-refractivity contribution in [3.8, 4) is 5.75 Å². The highest BCUT2D eigenvalue weighted by molar-refractivity contribution is 6.00. The van der Waals surface area contributed by atoms with Crippen LogP contribution < -0.4 is 65.5 Å². The lowest BCUT2D eigenvalue weighted by Crippen LogP contribution is -2.65. The number of aliphatic hydroxyl groups excluding tert-OH is 7. The van der Waals surface area contributed by atoms with Crippen LogP contribution in [0.5, 0.6) is 5.75 Å². The standard InChI is InChI=1S/C57H89N13O24/c1-5-24(4)40-54(89)63-28(12-13-37(59)74)49(84)65-31(18-38(60)75)51(86)67-32(19-62-39(76)17-27(58)48(83)64-30(52(87)69-40)16-25-8-10-26(73)11-9-25)55(90)70-14-6-7-34(70)53(88)66-29(15-23(2)3)50(85)68-33(47(61)82)22-91-56-45(81)43(79)46(36(21-72)93-56)94-57-44(80)42(78)41(77)35(20-71)92-57/h8-11,23-24,27-36,40-46,56-57,71-73,77-81H,5-7,12-22,58H2,1-4H3,(H2,59,74)(H2,60,75)(H2,61,82)(H,62,76)(H,63,89)(H,64,83)(H,65,84)(H,66,88)(H,67,86)(H,68,85)(H,69,87)/t24-,27-,28-,29-,30-,31-,32-,33-,34-,35+,36+,40-,41-,42-,43+,44+,45+,46+,56+,57-/m0/s1.